The van der Waals surface area contributed by atoms with Gasteiger partial charge in [-0.25, -0.2) is 0 Å². The molecule has 0 saturated carbocycles. The largest absolute Gasteiger partial charge is 0.453 e. The van der Waals surface area contributed by atoms with Crippen LogP contribution < -0.4 is 0 Å². The lowest BCUT2D eigenvalue weighted by Crippen LogP contribution is -2.04. The lowest BCUT2D eigenvalue weighted by Gasteiger charge is -2.10. The summed E-state index contributed by atoms with van der Waals surface area (Å²) in [6, 6.07) is 6.81. The van der Waals surface area contributed by atoms with Crippen LogP contribution in [0, 0.1) is 0 Å². The van der Waals surface area contributed by atoms with Crippen molar-refractivity contribution in [3.05, 3.63) is 58.5 Å². The van der Waals surface area contributed by atoms with Crippen LogP contribution in [0.15, 0.2) is 41.0 Å². The molecule has 1 aromatic heterocycles. The van der Waals surface area contributed by atoms with Crippen molar-refractivity contribution < 1.29 is 17.6 Å². The van der Waals surface area contributed by atoms with Crippen LogP contribution in [0.3, 0.4) is 0 Å². The zero-order chi connectivity index (χ0) is 14.0. The molecular weight excluding hydrogens is 344 g/mol. The van der Waals surface area contributed by atoms with E-state index in [4.69, 9.17) is 16.0 Å². The molecule has 1 atom stereocenters. The van der Waals surface area contributed by atoms with E-state index in [1.54, 1.807) is 6.07 Å². The Balaban J connectivity index is 2.10. The van der Waals surface area contributed by atoms with E-state index >= 15 is 0 Å². The average molecular weight is 354 g/mol. The summed E-state index contributed by atoms with van der Waals surface area (Å²) in [5, 5.41) is 0.286. The Kier molecular flexibility index (Phi) is 4.26. The minimum absolute atomic E-state index is 0.101. The van der Waals surface area contributed by atoms with Crippen LogP contribution >= 0.6 is 27.5 Å². The molecule has 2 rings (SSSR count). The number of rotatable bonds is 3. The molecule has 1 heterocycles. The van der Waals surface area contributed by atoms with Crippen LogP contribution in [0.25, 0.3) is 0 Å². The second-order valence-electron chi connectivity index (χ2n) is 4.02. The van der Waals surface area contributed by atoms with Crippen molar-refractivity contribution in [1.29, 1.82) is 0 Å². The van der Waals surface area contributed by atoms with Gasteiger partial charge in [0, 0.05) is 10.4 Å². The Labute approximate surface area is 121 Å². The summed E-state index contributed by atoms with van der Waals surface area (Å²) < 4.78 is 42.2. The molecule has 1 unspecified atom stereocenters. The molecule has 0 fully saturated rings. The Morgan fingerprint density at radius 2 is 1.79 bits per heavy atom. The van der Waals surface area contributed by atoms with Crippen LogP contribution in [-0.2, 0) is 12.6 Å². The summed E-state index contributed by atoms with van der Waals surface area (Å²) in [5.74, 6) is 0. The summed E-state index contributed by atoms with van der Waals surface area (Å²) >= 11 is 9.28. The third-order valence-electron chi connectivity index (χ3n) is 2.68. The van der Waals surface area contributed by atoms with E-state index in [-0.39, 0.29) is 10.0 Å². The quantitative estimate of drug-likeness (QED) is 0.652. The van der Waals surface area contributed by atoms with Gasteiger partial charge in [-0.15, -0.1) is 0 Å². The summed E-state index contributed by atoms with van der Waals surface area (Å²) in [7, 11) is 0. The van der Waals surface area contributed by atoms with Crippen LogP contribution in [0.4, 0.5) is 13.2 Å². The molecule has 1 nitrogen and oxygen atoms in total. The van der Waals surface area contributed by atoms with Gasteiger partial charge in [0.1, 0.15) is 0 Å². The second kappa shape index (κ2) is 5.59. The van der Waals surface area contributed by atoms with E-state index in [2.05, 4.69) is 15.9 Å². The topological polar surface area (TPSA) is 13.1 Å². The number of hydrogen-bond acceptors (Lipinski definition) is 1. The van der Waals surface area contributed by atoms with Gasteiger partial charge in [0.25, 0.3) is 0 Å². The van der Waals surface area contributed by atoms with E-state index in [0.717, 1.165) is 23.3 Å². The van der Waals surface area contributed by atoms with Crippen molar-refractivity contribution in [2.24, 2.45) is 0 Å². The fourth-order valence-corrected chi connectivity index (χ4v) is 2.79. The van der Waals surface area contributed by atoms with Crippen LogP contribution in [0.1, 0.15) is 21.5 Å². The van der Waals surface area contributed by atoms with E-state index in [1.165, 1.54) is 18.4 Å². The first kappa shape index (κ1) is 14.5. The number of furan rings is 1. The fraction of sp³-hybridized carbons (Fsp3) is 0.231. The van der Waals surface area contributed by atoms with Gasteiger partial charge in [0.15, 0.2) is 5.22 Å². The zero-order valence-electron chi connectivity index (χ0n) is 9.55. The van der Waals surface area contributed by atoms with Gasteiger partial charge in [0.2, 0.25) is 0 Å². The van der Waals surface area contributed by atoms with E-state index in [1.807, 2.05) is 0 Å². The van der Waals surface area contributed by atoms with E-state index in [9.17, 15) is 13.2 Å². The maximum absolute atomic E-state index is 12.4. The number of benzene rings is 1. The molecule has 0 saturated heterocycles. The number of hydrogen-bond donors (Lipinski definition) is 0. The minimum Gasteiger partial charge on any atom is -0.453 e. The second-order valence-corrected chi connectivity index (χ2v) is 5.46. The maximum atomic E-state index is 12.4. The Hall–Kier alpha value is -0.940. The maximum Gasteiger partial charge on any atom is 0.416 e. The summed E-state index contributed by atoms with van der Waals surface area (Å²) in [5.41, 5.74) is 0.914. The predicted octanol–water partition coefficient (Wildman–Crippen LogP) is 5.63. The molecule has 0 N–H and O–H groups in total. The molecule has 0 radical (unpaired) electrons. The lowest BCUT2D eigenvalue weighted by atomic mass is 10.0. The van der Waals surface area contributed by atoms with Gasteiger partial charge in [-0.2, -0.15) is 13.2 Å². The predicted molar refractivity (Wildman–Crippen MR) is 70.5 cm³/mol. The molecule has 19 heavy (non-hydrogen) atoms. The fourth-order valence-electron chi connectivity index (χ4n) is 1.67. The highest BCUT2D eigenvalue weighted by molar-refractivity contribution is 9.09. The highest BCUT2D eigenvalue weighted by Crippen LogP contribution is 2.34. The van der Waals surface area contributed by atoms with Crippen molar-refractivity contribution in [2.45, 2.75) is 17.4 Å². The summed E-state index contributed by atoms with van der Waals surface area (Å²) in [6.07, 6.45) is -2.31. The molecule has 1 aromatic carbocycles. The zero-order valence-corrected chi connectivity index (χ0v) is 11.9. The number of halogens is 5. The van der Waals surface area contributed by atoms with Crippen molar-refractivity contribution in [1.82, 2.24) is 0 Å². The van der Waals surface area contributed by atoms with E-state index in [0.29, 0.717) is 6.42 Å². The monoisotopic (exact) mass is 352 g/mol. The normalized spacial score (nSPS) is 13.5. The highest BCUT2D eigenvalue weighted by Gasteiger charge is 2.30. The molecule has 0 aliphatic heterocycles. The SMILES string of the molecule is FC(F)(F)c1ccc(CC(Br)c2ccoc2Cl)cc1. The van der Waals surface area contributed by atoms with Crippen molar-refractivity contribution in [3.8, 4) is 0 Å². The summed E-state index contributed by atoms with van der Waals surface area (Å²) in [6.45, 7) is 0. The molecule has 0 spiro atoms. The van der Waals surface area contributed by atoms with Gasteiger partial charge < -0.3 is 4.42 Å². The van der Waals surface area contributed by atoms with Crippen LogP contribution in [-0.4, -0.2) is 0 Å². The third-order valence-corrected chi connectivity index (χ3v) is 3.80. The standard InChI is InChI=1S/C13H9BrClF3O/c14-11(10-5-6-19-12(10)15)7-8-1-3-9(4-2-8)13(16,17)18/h1-6,11H,7H2. The third kappa shape index (κ3) is 3.54. The first-order chi connectivity index (χ1) is 8.88. The molecule has 102 valence electrons. The highest BCUT2D eigenvalue weighted by atomic mass is 79.9. The van der Waals surface area contributed by atoms with Gasteiger partial charge in [-0.05, 0) is 41.8 Å². The van der Waals surface area contributed by atoms with Crippen molar-refractivity contribution in [2.75, 3.05) is 0 Å². The molecule has 0 amide bonds. The first-order valence-corrected chi connectivity index (χ1v) is 6.70. The van der Waals surface area contributed by atoms with Gasteiger partial charge in [-0.3, -0.25) is 0 Å². The first-order valence-electron chi connectivity index (χ1n) is 5.41. The molecule has 0 aliphatic rings. The van der Waals surface area contributed by atoms with Gasteiger partial charge in [0.05, 0.1) is 11.8 Å². The van der Waals surface area contributed by atoms with Crippen molar-refractivity contribution in [3.63, 3.8) is 0 Å². The number of alkyl halides is 4. The minimum atomic E-state index is -4.31. The van der Waals surface area contributed by atoms with E-state index < -0.39 is 11.7 Å². The van der Waals surface area contributed by atoms with Gasteiger partial charge >= 0.3 is 6.18 Å². The molecule has 0 bridgehead atoms. The van der Waals surface area contributed by atoms with Gasteiger partial charge in [-0.1, -0.05) is 28.1 Å². The summed E-state index contributed by atoms with van der Waals surface area (Å²) in [4.78, 5) is -0.101. The molecular formula is C13H9BrClF3O. The van der Waals surface area contributed by atoms with Crippen LogP contribution in [0.2, 0.25) is 5.22 Å². The Morgan fingerprint density at radius 1 is 1.16 bits per heavy atom. The Morgan fingerprint density at radius 3 is 2.26 bits per heavy atom. The van der Waals surface area contributed by atoms with Crippen molar-refractivity contribution >= 4 is 27.5 Å². The molecule has 2 aromatic rings. The molecule has 0 aliphatic carbocycles. The lowest BCUT2D eigenvalue weighted by molar-refractivity contribution is -0.137. The average Bonchev–Trinajstić information content (AvgIpc) is 2.75. The van der Waals surface area contributed by atoms with Crippen LogP contribution in [0.5, 0.6) is 0 Å². The Bertz CT molecular complexity index is 548. The smallest absolute Gasteiger partial charge is 0.416 e. The molecule has 6 heteroatoms.